The summed E-state index contributed by atoms with van der Waals surface area (Å²) < 4.78 is 58.0. The molecular weight excluding hydrogens is 822 g/mol. The number of carbonyl (C=O) groups is 3. The van der Waals surface area contributed by atoms with Crippen LogP contribution < -0.4 is 15.6 Å². The summed E-state index contributed by atoms with van der Waals surface area (Å²) in [5.74, 6) is -0.966. The number of hydrogen-bond acceptors (Lipinski definition) is 11. The van der Waals surface area contributed by atoms with Gasteiger partial charge in [0.1, 0.15) is 18.6 Å². The van der Waals surface area contributed by atoms with Crippen molar-refractivity contribution >= 4 is 45.7 Å². The summed E-state index contributed by atoms with van der Waals surface area (Å²) in [5, 5.41) is 7.65. The number of piperazine rings is 1. The van der Waals surface area contributed by atoms with Crippen molar-refractivity contribution in [3.05, 3.63) is 52.1 Å². The van der Waals surface area contributed by atoms with Crippen LogP contribution in [0.5, 0.6) is 0 Å². The first-order chi connectivity index (χ1) is 29.5. The van der Waals surface area contributed by atoms with Crippen LogP contribution in [-0.4, -0.2) is 113 Å². The van der Waals surface area contributed by atoms with Crippen molar-refractivity contribution in [3.8, 4) is 22.5 Å². The highest BCUT2D eigenvalue weighted by molar-refractivity contribution is 7.10. The third-order valence-electron chi connectivity index (χ3n) is 13.6. The zero-order valence-corrected chi connectivity index (χ0v) is 36.9. The van der Waals surface area contributed by atoms with Crippen molar-refractivity contribution in [2.45, 2.75) is 96.7 Å². The topological polar surface area (TPSA) is 134 Å². The van der Waals surface area contributed by atoms with Crippen LogP contribution in [0.1, 0.15) is 69.3 Å². The van der Waals surface area contributed by atoms with Crippen LogP contribution in [0.4, 0.5) is 18.9 Å². The predicted molar refractivity (Wildman–Crippen MR) is 229 cm³/mol. The maximum atomic E-state index is 14.9. The third-order valence-corrected chi connectivity index (χ3v) is 14.4. The molecule has 1 aromatic carbocycles. The zero-order chi connectivity index (χ0) is 43.8. The number of thiazole rings is 1. The van der Waals surface area contributed by atoms with Gasteiger partial charge in [-0.2, -0.15) is 13.2 Å². The molecule has 332 valence electrons. The molecule has 62 heavy (non-hydrogen) atoms. The Balaban J connectivity index is 1.21. The molecule has 2 amide bonds. The Morgan fingerprint density at radius 2 is 1.87 bits per heavy atom. The molecule has 6 aliphatic rings. The van der Waals surface area contributed by atoms with Gasteiger partial charge in [0.2, 0.25) is 5.91 Å². The van der Waals surface area contributed by atoms with Gasteiger partial charge in [-0.15, -0.1) is 11.3 Å². The number of benzene rings is 1. The van der Waals surface area contributed by atoms with Crippen LogP contribution in [-0.2, 0) is 43.2 Å². The standard InChI is InChI=1S/C45H55F3N8O5S/c1-24-13-30(24)41(57)51-34-18-37-50-35(21-62-37)26-7-8-36-31(16-26)33(19-44(3,4)23-61-43(59)39-27-14-28(15-27)56(52-39)42(34)58)40(55(36)22-45(46,47)48)32-17-29(20-49-38(32)25(2)60-6)54-11-9-53(5)10-12-54/h7-8,16-17,20-21,24-25,27-28,30,34,39,52H,9-15,18-19,22-23H2,1-6H3,(H,51,57). The van der Waals surface area contributed by atoms with Gasteiger partial charge in [-0.1, -0.05) is 26.8 Å². The SMILES string of the molecule is COC(C)c1ncc(N2CCN(C)CC2)cc1-c1c2c3cc(ccc3n1CC(F)(F)F)-c1csc(n1)CC(NC(=O)C1CC1C)C(=O)N1NC(C(=O)OCC(C)(C)C2)C2CC1C2. The number of hydrazine groups is 1. The first-order valence-electron chi connectivity index (χ1n) is 21.7. The number of pyridine rings is 1. The molecule has 13 nitrogen and oxygen atoms in total. The molecular formula is C45H55F3N8O5S. The van der Waals surface area contributed by atoms with E-state index >= 15 is 0 Å². The van der Waals surface area contributed by atoms with Crippen LogP contribution in [0.3, 0.4) is 0 Å². The number of anilines is 1. The minimum Gasteiger partial charge on any atom is -0.464 e. The van der Waals surface area contributed by atoms with E-state index in [9.17, 15) is 27.6 Å². The lowest BCUT2D eigenvalue weighted by Crippen LogP contribution is -2.71. The highest BCUT2D eigenvalue weighted by Gasteiger charge is 2.52. The molecule has 0 radical (unpaired) electrons. The molecule has 4 aromatic rings. The van der Waals surface area contributed by atoms with Gasteiger partial charge in [-0.3, -0.25) is 24.4 Å². The van der Waals surface area contributed by atoms with Gasteiger partial charge in [-0.05, 0) is 75.3 Å². The second-order valence-corrected chi connectivity index (χ2v) is 19.9. The number of aromatic nitrogens is 3. The minimum absolute atomic E-state index is 0.0289. The van der Waals surface area contributed by atoms with E-state index < -0.39 is 42.3 Å². The predicted octanol–water partition coefficient (Wildman–Crippen LogP) is 6.15. The summed E-state index contributed by atoms with van der Waals surface area (Å²) in [6.45, 7) is 9.60. The van der Waals surface area contributed by atoms with E-state index in [-0.39, 0.29) is 55.1 Å². The van der Waals surface area contributed by atoms with Crippen LogP contribution in [0.2, 0.25) is 0 Å². The Morgan fingerprint density at radius 1 is 1.13 bits per heavy atom. The molecule has 2 N–H and O–H groups in total. The van der Waals surface area contributed by atoms with E-state index in [2.05, 4.69) is 27.6 Å². The lowest BCUT2D eigenvalue weighted by Gasteiger charge is -2.53. The summed E-state index contributed by atoms with van der Waals surface area (Å²) in [6.07, 6.45) is -0.960. The number of esters is 1. The maximum absolute atomic E-state index is 14.9. The molecule has 8 bridgehead atoms. The third kappa shape index (κ3) is 8.32. The number of amides is 2. The molecule has 10 rings (SSSR count). The molecule has 4 aliphatic heterocycles. The fourth-order valence-corrected chi connectivity index (χ4v) is 10.5. The van der Waals surface area contributed by atoms with Crippen molar-refractivity contribution in [1.82, 2.24) is 35.2 Å². The Hall–Kier alpha value is -4.58. The molecule has 3 saturated heterocycles. The van der Waals surface area contributed by atoms with Crippen molar-refractivity contribution in [1.29, 1.82) is 0 Å². The van der Waals surface area contributed by atoms with Crippen LogP contribution >= 0.6 is 11.3 Å². The quantitative estimate of drug-likeness (QED) is 0.209. The van der Waals surface area contributed by atoms with E-state index in [1.807, 2.05) is 45.2 Å². The Bertz CT molecular complexity index is 2390. The van der Waals surface area contributed by atoms with Gasteiger partial charge in [0.05, 0.1) is 46.7 Å². The van der Waals surface area contributed by atoms with Crippen molar-refractivity contribution in [2.24, 2.45) is 23.2 Å². The van der Waals surface area contributed by atoms with Crippen LogP contribution in [0.15, 0.2) is 35.8 Å². The fraction of sp³-hybridized carbons (Fsp3) is 0.578. The van der Waals surface area contributed by atoms with Gasteiger partial charge >= 0.3 is 12.1 Å². The molecule has 2 aliphatic carbocycles. The number of hydrogen-bond donors (Lipinski definition) is 2. The number of halogens is 3. The number of nitrogens with zero attached hydrogens (tertiary/aromatic N) is 6. The number of rotatable bonds is 7. The number of carbonyl (C=O) groups excluding carboxylic acids is 3. The maximum Gasteiger partial charge on any atom is 0.406 e. The summed E-state index contributed by atoms with van der Waals surface area (Å²) in [7, 11) is 3.63. The molecule has 2 saturated carbocycles. The van der Waals surface area contributed by atoms with Gasteiger partial charge in [0.15, 0.2) is 0 Å². The molecule has 5 atom stereocenters. The van der Waals surface area contributed by atoms with Gasteiger partial charge < -0.3 is 29.2 Å². The smallest absolute Gasteiger partial charge is 0.406 e. The van der Waals surface area contributed by atoms with E-state index in [1.165, 1.54) is 20.9 Å². The highest BCUT2D eigenvalue weighted by Crippen LogP contribution is 2.45. The summed E-state index contributed by atoms with van der Waals surface area (Å²) in [4.78, 5) is 56.0. The van der Waals surface area contributed by atoms with Crippen LogP contribution in [0.25, 0.3) is 33.4 Å². The van der Waals surface area contributed by atoms with Crippen LogP contribution in [0, 0.1) is 23.2 Å². The number of cyclic esters (lactones) is 1. The van der Waals surface area contributed by atoms with Crippen molar-refractivity contribution < 1.29 is 37.0 Å². The Kier molecular flexibility index (Phi) is 11.2. The number of fused-ring (bicyclic) bond motifs is 4. The van der Waals surface area contributed by atoms with Crippen molar-refractivity contribution in [2.75, 3.05) is 51.8 Å². The van der Waals surface area contributed by atoms with Gasteiger partial charge in [-0.25, -0.2) is 10.4 Å². The van der Waals surface area contributed by atoms with E-state index in [0.29, 0.717) is 62.5 Å². The number of methoxy groups -OCH3 is 1. The molecule has 7 heterocycles. The zero-order valence-electron chi connectivity index (χ0n) is 36.1. The van der Waals surface area contributed by atoms with Gasteiger partial charge in [0, 0.05) is 84.5 Å². The monoisotopic (exact) mass is 876 g/mol. The van der Waals surface area contributed by atoms with E-state index in [4.69, 9.17) is 19.4 Å². The number of nitrogens with one attached hydrogen (secondary N) is 2. The largest absolute Gasteiger partial charge is 0.464 e. The Morgan fingerprint density at radius 3 is 2.56 bits per heavy atom. The lowest BCUT2D eigenvalue weighted by molar-refractivity contribution is -0.171. The highest BCUT2D eigenvalue weighted by atomic mass is 32.1. The molecule has 3 aromatic heterocycles. The normalized spacial score (nSPS) is 27.0. The summed E-state index contributed by atoms with van der Waals surface area (Å²) in [6, 6.07) is 5.53. The minimum atomic E-state index is -4.57. The summed E-state index contributed by atoms with van der Waals surface area (Å²) in [5.41, 5.74) is 7.02. The molecule has 17 heteroatoms. The molecule has 0 spiro atoms. The second-order valence-electron chi connectivity index (χ2n) is 18.9. The fourth-order valence-electron chi connectivity index (χ4n) is 9.64. The van der Waals surface area contributed by atoms with Crippen molar-refractivity contribution in [3.63, 3.8) is 0 Å². The first kappa shape index (κ1) is 42.7. The number of likely N-dealkylation sites (N-methyl/N-ethyl adjacent to an activating group) is 1. The molecule has 5 fully saturated rings. The Labute approximate surface area is 363 Å². The van der Waals surface area contributed by atoms with Gasteiger partial charge in [0.25, 0.3) is 5.91 Å². The average Bonchev–Trinajstić information content (AvgIpc) is 3.66. The van der Waals surface area contributed by atoms with E-state index in [0.717, 1.165) is 38.3 Å². The first-order valence-corrected chi connectivity index (χ1v) is 22.5. The molecule has 5 unspecified atom stereocenters. The van der Waals surface area contributed by atoms with E-state index in [1.54, 1.807) is 25.4 Å². The average molecular weight is 877 g/mol. The summed E-state index contributed by atoms with van der Waals surface area (Å²) >= 11 is 1.36. The second kappa shape index (κ2) is 16.2. The number of alkyl halides is 3. The number of ether oxygens (including phenoxy) is 2. The lowest BCUT2D eigenvalue weighted by atomic mass is 9.73.